The molecule has 0 radical (unpaired) electrons. The zero-order valence-electron chi connectivity index (χ0n) is 13.5. The first-order valence-corrected chi connectivity index (χ1v) is 8.82. The van der Waals surface area contributed by atoms with Gasteiger partial charge >= 0.3 is 0 Å². The molecule has 3 heterocycles. The maximum absolute atomic E-state index is 12.7. The summed E-state index contributed by atoms with van der Waals surface area (Å²) in [5.74, 6) is 0.806. The van der Waals surface area contributed by atoms with Gasteiger partial charge in [-0.2, -0.15) is 0 Å². The van der Waals surface area contributed by atoms with Crippen molar-refractivity contribution in [3.8, 4) is 0 Å². The molecule has 1 N–H and O–H groups in total. The number of nitrogens with one attached hydrogen (secondary N) is 1. The third kappa shape index (κ3) is 2.81. The molecule has 4 nitrogen and oxygen atoms in total. The number of amides is 1. The number of hydrogen-bond acceptors (Lipinski definition) is 3. The lowest BCUT2D eigenvalue weighted by Crippen LogP contribution is -2.63. The topological polar surface area (TPSA) is 45.2 Å². The molecular weight excluding hydrogens is 342 g/mol. The van der Waals surface area contributed by atoms with Gasteiger partial charge in [0.15, 0.2) is 0 Å². The lowest BCUT2D eigenvalue weighted by Gasteiger charge is -2.51. The second-order valence-electron chi connectivity index (χ2n) is 7.27. The van der Waals surface area contributed by atoms with Gasteiger partial charge in [-0.05, 0) is 52.6 Å². The lowest BCUT2D eigenvalue weighted by molar-refractivity contribution is 0.0354. The second kappa shape index (κ2) is 5.93. The molecule has 3 rings (SSSR count). The second-order valence-corrected chi connectivity index (χ2v) is 8.13. The normalized spacial score (nSPS) is 24.9. The van der Waals surface area contributed by atoms with E-state index in [0.717, 1.165) is 48.1 Å². The monoisotopic (exact) mass is 365 g/mol. The molecule has 22 heavy (non-hydrogen) atoms. The number of aromatic nitrogens is 1. The minimum Gasteiger partial charge on any atom is -0.339 e. The van der Waals surface area contributed by atoms with Crippen molar-refractivity contribution in [2.75, 3.05) is 19.6 Å². The van der Waals surface area contributed by atoms with Crippen LogP contribution in [0.2, 0.25) is 0 Å². The van der Waals surface area contributed by atoms with E-state index in [4.69, 9.17) is 0 Å². The van der Waals surface area contributed by atoms with Crippen LogP contribution >= 0.6 is 15.9 Å². The first-order valence-electron chi connectivity index (χ1n) is 8.03. The Morgan fingerprint density at radius 1 is 1.36 bits per heavy atom. The fourth-order valence-corrected chi connectivity index (χ4v) is 4.09. The minimum atomic E-state index is 0.116. The highest BCUT2D eigenvalue weighted by molar-refractivity contribution is 9.10. The number of nitrogens with zero attached hydrogens (tertiary/aromatic N) is 2. The SMILES string of the molecule is Cc1c(Br)cncc1C(=O)N1CCC(C2NCC2(C)C)CC1. The Bertz CT molecular complexity index is 579. The summed E-state index contributed by atoms with van der Waals surface area (Å²) in [6.45, 7) is 9.45. The summed E-state index contributed by atoms with van der Waals surface area (Å²) >= 11 is 3.45. The van der Waals surface area contributed by atoms with E-state index in [0.29, 0.717) is 17.4 Å². The molecule has 0 bridgehead atoms. The van der Waals surface area contributed by atoms with Gasteiger partial charge < -0.3 is 10.2 Å². The van der Waals surface area contributed by atoms with Crippen LogP contribution in [0, 0.1) is 18.3 Å². The van der Waals surface area contributed by atoms with Gasteiger partial charge in [0.05, 0.1) is 5.56 Å². The highest BCUT2D eigenvalue weighted by atomic mass is 79.9. The first-order chi connectivity index (χ1) is 10.4. The summed E-state index contributed by atoms with van der Waals surface area (Å²) in [6, 6.07) is 0.610. The van der Waals surface area contributed by atoms with Crippen molar-refractivity contribution in [3.05, 3.63) is 28.0 Å². The molecule has 120 valence electrons. The number of likely N-dealkylation sites (tertiary alicyclic amines) is 1. The molecule has 0 aliphatic carbocycles. The van der Waals surface area contributed by atoms with Gasteiger partial charge in [0.2, 0.25) is 0 Å². The maximum atomic E-state index is 12.7. The molecule has 2 aliphatic rings. The Balaban J connectivity index is 1.64. The average Bonchev–Trinajstić information content (AvgIpc) is 2.49. The number of pyridine rings is 1. The van der Waals surface area contributed by atoms with Crippen molar-refractivity contribution in [2.45, 2.75) is 39.7 Å². The van der Waals surface area contributed by atoms with E-state index < -0.39 is 0 Å². The Kier molecular flexibility index (Phi) is 4.29. The molecular formula is C17H24BrN3O. The van der Waals surface area contributed by atoms with Crippen LogP contribution in [-0.2, 0) is 0 Å². The molecule has 2 fully saturated rings. The van der Waals surface area contributed by atoms with Crippen LogP contribution in [0.3, 0.4) is 0 Å². The molecule has 1 aromatic heterocycles. The number of piperidine rings is 1. The highest BCUT2D eigenvalue weighted by Gasteiger charge is 2.43. The van der Waals surface area contributed by atoms with Crippen LogP contribution in [0.25, 0.3) is 0 Å². The summed E-state index contributed by atoms with van der Waals surface area (Å²) in [5.41, 5.74) is 2.10. The van der Waals surface area contributed by atoms with Crippen molar-refractivity contribution < 1.29 is 4.79 Å². The summed E-state index contributed by atoms with van der Waals surface area (Å²) in [5, 5.41) is 3.58. The van der Waals surface area contributed by atoms with Gasteiger partial charge in [0.1, 0.15) is 0 Å². The van der Waals surface area contributed by atoms with Crippen molar-refractivity contribution >= 4 is 21.8 Å². The number of carbonyl (C=O) groups is 1. The number of carbonyl (C=O) groups excluding carboxylic acids is 1. The smallest absolute Gasteiger partial charge is 0.255 e. The molecule has 1 unspecified atom stereocenters. The van der Waals surface area contributed by atoms with Gasteiger partial charge in [0.25, 0.3) is 5.91 Å². The van der Waals surface area contributed by atoms with Gasteiger partial charge in [-0.1, -0.05) is 13.8 Å². The van der Waals surface area contributed by atoms with Crippen LogP contribution in [0.15, 0.2) is 16.9 Å². The predicted octanol–water partition coefficient (Wildman–Crippen LogP) is 3.00. The van der Waals surface area contributed by atoms with E-state index in [2.05, 4.69) is 40.1 Å². The molecule has 0 aromatic carbocycles. The quantitative estimate of drug-likeness (QED) is 0.875. The Hall–Kier alpha value is -0.940. The largest absolute Gasteiger partial charge is 0.339 e. The number of halogens is 1. The van der Waals surface area contributed by atoms with Crippen molar-refractivity contribution in [3.63, 3.8) is 0 Å². The standard InChI is InChI=1S/C17H24BrN3O/c1-11-13(8-19-9-14(11)18)16(22)21-6-4-12(5-7-21)15-17(2,3)10-20-15/h8-9,12,15,20H,4-7,10H2,1-3H3. The van der Waals surface area contributed by atoms with Crippen molar-refractivity contribution in [1.29, 1.82) is 0 Å². The van der Waals surface area contributed by atoms with Crippen LogP contribution in [0.4, 0.5) is 0 Å². The molecule has 1 amide bonds. The third-order valence-corrected chi connectivity index (χ3v) is 6.10. The molecule has 2 saturated heterocycles. The van der Waals surface area contributed by atoms with E-state index in [1.54, 1.807) is 12.4 Å². The minimum absolute atomic E-state index is 0.116. The van der Waals surface area contributed by atoms with Crippen LogP contribution in [-0.4, -0.2) is 41.5 Å². The summed E-state index contributed by atoms with van der Waals surface area (Å²) in [7, 11) is 0. The predicted molar refractivity (Wildman–Crippen MR) is 90.9 cm³/mol. The molecule has 1 aromatic rings. The molecule has 0 saturated carbocycles. The van der Waals surface area contributed by atoms with Crippen LogP contribution in [0.1, 0.15) is 42.6 Å². The number of hydrogen-bond donors (Lipinski definition) is 1. The summed E-state index contributed by atoms with van der Waals surface area (Å²) in [6.07, 6.45) is 5.61. The van der Waals surface area contributed by atoms with E-state index in [-0.39, 0.29) is 5.91 Å². The molecule has 2 aliphatic heterocycles. The Labute approximate surface area is 140 Å². The summed E-state index contributed by atoms with van der Waals surface area (Å²) in [4.78, 5) is 18.8. The van der Waals surface area contributed by atoms with Crippen molar-refractivity contribution in [1.82, 2.24) is 15.2 Å². The summed E-state index contributed by atoms with van der Waals surface area (Å²) < 4.78 is 0.897. The Morgan fingerprint density at radius 3 is 2.59 bits per heavy atom. The van der Waals surface area contributed by atoms with Gasteiger partial charge in [-0.3, -0.25) is 9.78 Å². The van der Waals surface area contributed by atoms with Crippen LogP contribution in [0.5, 0.6) is 0 Å². The lowest BCUT2D eigenvalue weighted by atomic mass is 9.68. The van der Waals surface area contributed by atoms with E-state index in [1.807, 2.05) is 11.8 Å². The van der Waals surface area contributed by atoms with E-state index in [1.165, 1.54) is 0 Å². The van der Waals surface area contributed by atoms with E-state index in [9.17, 15) is 4.79 Å². The van der Waals surface area contributed by atoms with E-state index >= 15 is 0 Å². The van der Waals surface area contributed by atoms with Crippen molar-refractivity contribution in [2.24, 2.45) is 11.3 Å². The van der Waals surface area contributed by atoms with Gasteiger partial charge in [-0.15, -0.1) is 0 Å². The fourth-order valence-electron chi connectivity index (χ4n) is 3.75. The molecule has 5 heteroatoms. The number of rotatable bonds is 2. The third-order valence-electron chi connectivity index (χ3n) is 5.30. The molecule has 1 atom stereocenters. The first kappa shape index (κ1) is 15.9. The van der Waals surface area contributed by atoms with Gasteiger partial charge in [0, 0.05) is 42.5 Å². The zero-order valence-corrected chi connectivity index (χ0v) is 15.1. The Morgan fingerprint density at radius 2 is 2.05 bits per heavy atom. The highest BCUT2D eigenvalue weighted by Crippen LogP contribution is 2.37. The maximum Gasteiger partial charge on any atom is 0.255 e. The zero-order chi connectivity index (χ0) is 15.9. The van der Waals surface area contributed by atoms with Gasteiger partial charge in [-0.25, -0.2) is 0 Å². The average molecular weight is 366 g/mol. The fraction of sp³-hybridized carbons (Fsp3) is 0.647. The molecule has 0 spiro atoms. The van der Waals surface area contributed by atoms with Crippen LogP contribution < -0.4 is 5.32 Å².